The Morgan fingerprint density at radius 2 is 1.50 bits per heavy atom. The monoisotopic (exact) mass is 314 g/mol. The lowest BCUT2D eigenvalue weighted by molar-refractivity contribution is 0.316. The van der Waals surface area contributed by atoms with E-state index in [4.69, 9.17) is 14.7 Å². The molecule has 3 nitrogen and oxygen atoms in total. The summed E-state index contributed by atoms with van der Waals surface area (Å²) in [6.07, 6.45) is 0.892. The van der Waals surface area contributed by atoms with Crippen LogP contribution in [0.15, 0.2) is 83.9 Å². The Bertz CT molecular complexity index is 844. The largest absolute Gasteiger partial charge is 0.474 e. The van der Waals surface area contributed by atoms with Crippen LogP contribution >= 0.6 is 0 Å². The van der Waals surface area contributed by atoms with Crippen molar-refractivity contribution in [3.05, 3.63) is 90.1 Å². The normalized spacial score (nSPS) is 16.5. The summed E-state index contributed by atoms with van der Waals surface area (Å²) < 4.78 is 5.80. The van der Waals surface area contributed by atoms with Gasteiger partial charge in [-0.3, -0.25) is 0 Å². The molecule has 0 saturated carbocycles. The summed E-state index contributed by atoms with van der Waals surface area (Å²) in [7, 11) is 0. The van der Waals surface area contributed by atoms with Gasteiger partial charge in [0.25, 0.3) is 0 Å². The topological polar surface area (TPSA) is 34.5 Å². The number of benzene rings is 2. The van der Waals surface area contributed by atoms with E-state index in [1.807, 2.05) is 42.5 Å². The Balaban J connectivity index is 1.55. The zero-order valence-electron chi connectivity index (χ0n) is 13.3. The van der Waals surface area contributed by atoms with Gasteiger partial charge in [0.1, 0.15) is 12.3 Å². The number of nitrogens with zero attached hydrogens (tertiary/aromatic N) is 2. The predicted molar refractivity (Wildman–Crippen MR) is 96.1 cm³/mol. The van der Waals surface area contributed by atoms with Crippen LogP contribution in [0.1, 0.15) is 11.3 Å². The van der Waals surface area contributed by atoms with Crippen LogP contribution in [0.4, 0.5) is 0 Å². The molecule has 0 spiro atoms. The van der Waals surface area contributed by atoms with Gasteiger partial charge in [0.15, 0.2) is 0 Å². The molecule has 0 unspecified atom stereocenters. The van der Waals surface area contributed by atoms with Gasteiger partial charge in [-0.15, -0.1) is 0 Å². The van der Waals surface area contributed by atoms with Crippen molar-refractivity contribution in [1.82, 2.24) is 4.98 Å². The molecule has 1 atom stereocenters. The van der Waals surface area contributed by atoms with Crippen LogP contribution in [0.2, 0.25) is 0 Å². The minimum atomic E-state index is 0.157. The van der Waals surface area contributed by atoms with E-state index in [0.717, 1.165) is 23.4 Å². The van der Waals surface area contributed by atoms with Crippen LogP contribution in [-0.4, -0.2) is 23.5 Å². The fourth-order valence-electron chi connectivity index (χ4n) is 2.87. The number of hydrogen-bond acceptors (Lipinski definition) is 3. The van der Waals surface area contributed by atoms with Crippen molar-refractivity contribution in [3.63, 3.8) is 0 Å². The van der Waals surface area contributed by atoms with Gasteiger partial charge in [0.05, 0.1) is 11.7 Å². The van der Waals surface area contributed by atoms with Crippen molar-refractivity contribution in [1.29, 1.82) is 0 Å². The fraction of sp³-hybridized carbons (Fsp3) is 0.143. The van der Waals surface area contributed by atoms with E-state index in [1.165, 1.54) is 5.56 Å². The van der Waals surface area contributed by atoms with Crippen molar-refractivity contribution in [2.45, 2.75) is 12.5 Å². The zero-order chi connectivity index (χ0) is 16.2. The van der Waals surface area contributed by atoms with E-state index in [0.29, 0.717) is 12.5 Å². The summed E-state index contributed by atoms with van der Waals surface area (Å²) in [5.74, 6) is 0.647. The molecule has 24 heavy (non-hydrogen) atoms. The molecule has 4 rings (SSSR count). The second-order valence-corrected chi connectivity index (χ2v) is 5.86. The Labute approximate surface area is 141 Å². The van der Waals surface area contributed by atoms with Crippen molar-refractivity contribution >= 4 is 5.90 Å². The summed E-state index contributed by atoms with van der Waals surface area (Å²) in [6.45, 7) is 0.613. The maximum atomic E-state index is 5.80. The van der Waals surface area contributed by atoms with Crippen molar-refractivity contribution in [3.8, 4) is 11.3 Å². The van der Waals surface area contributed by atoms with E-state index in [1.54, 1.807) is 0 Å². The fourth-order valence-corrected chi connectivity index (χ4v) is 2.87. The van der Waals surface area contributed by atoms with Crippen molar-refractivity contribution in [2.75, 3.05) is 6.61 Å². The smallest absolute Gasteiger partial charge is 0.235 e. The lowest BCUT2D eigenvalue weighted by Gasteiger charge is -2.04. The number of aliphatic imine (C=N–C) groups is 1. The van der Waals surface area contributed by atoms with E-state index in [2.05, 4.69) is 36.4 Å². The number of pyridine rings is 1. The summed E-state index contributed by atoms with van der Waals surface area (Å²) in [5.41, 5.74) is 4.11. The lowest BCUT2D eigenvalue weighted by Crippen LogP contribution is -2.09. The van der Waals surface area contributed by atoms with Gasteiger partial charge in [-0.05, 0) is 24.1 Å². The summed E-state index contributed by atoms with van der Waals surface area (Å²) in [6, 6.07) is 26.7. The first kappa shape index (κ1) is 14.6. The maximum absolute atomic E-state index is 5.80. The maximum Gasteiger partial charge on any atom is 0.235 e. The molecule has 0 radical (unpaired) electrons. The molecule has 0 aliphatic carbocycles. The Hall–Kier alpha value is -2.94. The zero-order valence-corrected chi connectivity index (χ0v) is 13.3. The first-order chi connectivity index (χ1) is 11.9. The molecule has 118 valence electrons. The molecule has 1 aliphatic heterocycles. The first-order valence-corrected chi connectivity index (χ1v) is 8.16. The van der Waals surface area contributed by atoms with Gasteiger partial charge in [0, 0.05) is 5.56 Å². The summed E-state index contributed by atoms with van der Waals surface area (Å²) in [5, 5.41) is 0. The van der Waals surface area contributed by atoms with Crippen molar-refractivity contribution < 1.29 is 4.74 Å². The Morgan fingerprint density at radius 1 is 0.792 bits per heavy atom. The second-order valence-electron chi connectivity index (χ2n) is 5.86. The van der Waals surface area contributed by atoms with Gasteiger partial charge in [-0.2, -0.15) is 0 Å². The molecule has 0 bridgehead atoms. The SMILES string of the molecule is c1ccc(C[C@H]2COC(c3cccc(-c4ccccc4)n3)=N2)cc1. The second kappa shape index (κ2) is 6.67. The van der Waals surface area contributed by atoms with Crippen LogP contribution in [0, 0.1) is 0 Å². The molecule has 1 aliphatic rings. The Morgan fingerprint density at radius 3 is 2.29 bits per heavy atom. The molecular weight excluding hydrogens is 296 g/mol. The van der Waals surface area contributed by atoms with Crippen molar-refractivity contribution in [2.24, 2.45) is 4.99 Å². The van der Waals surface area contributed by atoms with Crippen LogP contribution in [0.3, 0.4) is 0 Å². The van der Waals surface area contributed by atoms with Gasteiger partial charge < -0.3 is 4.74 Å². The molecule has 2 aromatic carbocycles. The minimum absolute atomic E-state index is 0.157. The minimum Gasteiger partial charge on any atom is -0.474 e. The highest BCUT2D eigenvalue weighted by molar-refractivity contribution is 5.93. The standard InChI is InChI=1S/C21H18N2O/c1-3-8-16(9-4-1)14-18-15-24-21(22-18)20-13-7-12-19(23-20)17-10-5-2-6-11-17/h1-13,18H,14-15H2/t18-/m0/s1. The predicted octanol–water partition coefficient (Wildman–Crippen LogP) is 4.14. The third-order valence-electron chi connectivity index (χ3n) is 4.06. The molecule has 0 fully saturated rings. The first-order valence-electron chi connectivity index (χ1n) is 8.16. The molecular formula is C21H18N2O. The lowest BCUT2D eigenvalue weighted by atomic mass is 10.1. The van der Waals surface area contributed by atoms with Gasteiger partial charge in [-0.25, -0.2) is 9.98 Å². The molecule has 3 aromatic rings. The highest BCUT2D eigenvalue weighted by atomic mass is 16.5. The molecule has 2 heterocycles. The van der Waals surface area contributed by atoms with Gasteiger partial charge in [0.2, 0.25) is 5.90 Å². The average Bonchev–Trinajstić information content (AvgIpc) is 3.12. The molecule has 0 amide bonds. The third kappa shape index (κ3) is 3.20. The van der Waals surface area contributed by atoms with E-state index in [9.17, 15) is 0 Å². The molecule has 0 saturated heterocycles. The van der Waals surface area contributed by atoms with Gasteiger partial charge >= 0.3 is 0 Å². The highest BCUT2D eigenvalue weighted by Gasteiger charge is 2.21. The van der Waals surface area contributed by atoms with Crippen LogP contribution < -0.4 is 0 Å². The third-order valence-corrected chi connectivity index (χ3v) is 4.06. The highest BCUT2D eigenvalue weighted by Crippen LogP contribution is 2.19. The number of aromatic nitrogens is 1. The van der Waals surface area contributed by atoms with E-state index < -0.39 is 0 Å². The Kier molecular flexibility index (Phi) is 4.07. The number of rotatable bonds is 4. The quantitative estimate of drug-likeness (QED) is 0.725. The van der Waals surface area contributed by atoms with E-state index >= 15 is 0 Å². The van der Waals surface area contributed by atoms with Gasteiger partial charge in [-0.1, -0.05) is 66.7 Å². The molecule has 0 N–H and O–H groups in total. The average molecular weight is 314 g/mol. The molecule has 1 aromatic heterocycles. The van der Waals surface area contributed by atoms with Crippen LogP contribution in [0.25, 0.3) is 11.3 Å². The number of ether oxygens (including phenoxy) is 1. The summed E-state index contributed by atoms with van der Waals surface area (Å²) in [4.78, 5) is 9.43. The van der Waals surface area contributed by atoms with Crippen LogP contribution in [0.5, 0.6) is 0 Å². The summed E-state index contributed by atoms with van der Waals surface area (Å²) >= 11 is 0. The van der Waals surface area contributed by atoms with Crippen LogP contribution in [-0.2, 0) is 11.2 Å². The number of hydrogen-bond donors (Lipinski definition) is 0. The van der Waals surface area contributed by atoms with E-state index in [-0.39, 0.29) is 6.04 Å². The molecule has 3 heteroatoms.